The van der Waals surface area contributed by atoms with Gasteiger partial charge in [0.1, 0.15) is 6.54 Å². The zero-order valence-corrected chi connectivity index (χ0v) is 11.5. The van der Waals surface area contributed by atoms with Gasteiger partial charge in [-0.2, -0.15) is 17.5 Å². The van der Waals surface area contributed by atoms with E-state index < -0.39 is 28.0 Å². The second kappa shape index (κ2) is 5.92. The molecule has 0 saturated heterocycles. The summed E-state index contributed by atoms with van der Waals surface area (Å²) in [6, 6.07) is 8.22. The van der Waals surface area contributed by atoms with Crippen LogP contribution in [0.2, 0.25) is 0 Å². The molecule has 0 aromatic heterocycles. The lowest BCUT2D eigenvalue weighted by Crippen LogP contribution is -2.41. The molecule has 0 spiro atoms. The van der Waals surface area contributed by atoms with Crippen molar-refractivity contribution in [1.82, 2.24) is 4.31 Å². The van der Waals surface area contributed by atoms with Crippen LogP contribution >= 0.6 is 0 Å². The van der Waals surface area contributed by atoms with Crippen molar-refractivity contribution in [2.24, 2.45) is 0 Å². The fourth-order valence-electron chi connectivity index (χ4n) is 1.52. The Morgan fingerprint density at radius 3 is 2.11 bits per heavy atom. The van der Waals surface area contributed by atoms with Gasteiger partial charge in [-0.15, -0.1) is 0 Å². The van der Waals surface area contributed by atoms with Gasteiger partial charge in [0.05, 0.1) is 5.25 Å². The molecule has 0 aliphatic rings. The third-order valence-electron chi connectivity index (χ3n) is 2.51. The zero-order chi connectivity index (χ0) is 14.7. The summed E-state index contributed by atoms with van der Waals surface area (Å²) in [5, 5.41) is -0.890. The Kier molecular flexibility index (Phi) is 4.98. The maximum atomic E-state index is 12.5. The Morgan fingerprint density at radius 2 is 1.68 bits per heavy atom. The Hall–Kier alpha value is -1.08. The molecule has 0 radical (unpaired) electrons. The van der Waals surface area contributed by atoms with E-state index in [-0.39, 0.29) is 6.54 Å². The van der Waals surface area contributed by atoms with E-state index in [1.165, 1.54) is 13.8 Å². The van der Waals surface area contributed by atoms with Crippen molar-refractivity contribution in [3.63, 3.8) is 0 Å². The molecule has 0 amide bonds. The van der Waals surface area contributed by atoms with Crippen molar-refractivity contribution in [2.75, 3.05) is 6.54 Å². The first-order chi connectivity index (χ1) is 8.63. The minimum Gasteiger partial charge on any atom is -0.212 e. The van der Waals surface area contributed by atoms with Crippen molar-refractivity contribution in [3.8, 4) is 0 Å². The van der Waals surface area contributed by atoms with Crippen molar-refractivity contribution >= 4 is 10.0 Å². The molecular weight excluding hydrogens is 279 g/mol. The molecule has 19 heavy (non-hydrogen) atoms. The normalized spacial score (nSPS) is 13.2. The number of benzene rings is 1. The lowest BCUT2D eigenvalue weighted by atomic mass is 10.2. The van der Waals surface area contributed by atoms with E-state index in [0.29, 0.717) is 9.87 Å². The number of rotatable bonds is 5. The molecule has 0 N–H and O–H groups in total. The molecule has 1 aromatic carbocycles. The van der Waals surface area contributed by atoms with Crippen LogP contribution in [0, 0.1) is 0 Å². The van der Waals surface area contributed by atoms with Crippen LogP contribution < -0.4 is 0 Å². The zero-order valence-electron chi connectivity index (χ0n) is 10.7. The second-order valence-corrected chi connectivity index (χ2v) is 6.95. The molecule has 1 aromatic rings. The van der Waals surface area contributed by atoms with Crippen LogP contribution in [0.3, 0.4) is 0 Å². The molecule has 0 fully saturated rings. The average Bonchev–Trinajstić information content (AvgIpc) is 2.27. The molecule has 0 unspecified atom stereocenters. The molecule has 0 atom stereocenters. The Bertz CT molecular complexity index is 497. The Labute approximate surface area is 111 Å². The lowest BCUT2D eigenvalue weighted by molar-refractivity contribution is -0.137. The predicted molar refractivity (Wildman–Crippen MR) is 67.0 cm³/mol. The summed E-state index contributed by atoms with van der Waals surface area (Å²) in [5.74, 6) is 0. The molecule has 0 aliphatic heterocycles. The minimum absolute atomic E-state index is 0.277. The summed E-state index contributed by atoms with van der Waals surface area (Å²) < 4.78 is 61.8. The van der Waals surface area contributed by atoms with Gasteiger partial charge in [-0.1, -0.05) is 30.3 Å². The summed E-state index contributed by atoms with van der Waals surface area (Å²) in [6.07, 6.45) is -4.56. The van der Waals surface area contributed by atoms with Crippen molar-refractivity contribution in [1.29, 1.82) is 0 Å². The van der Waals surface area contributed by atoms with E-state index in [4.69, 9.17) is 0 Å². The maximum absolute atomic E-state index is 12.5. The largest absolute Gasteiger partial charge is 0.402 e. The first-order valence-corrected chi connectivity index (χ1v) is 7.23. The molecule has 0 bridgehead atoms. The molecular formula is C12H16F3NO2S. The molecule has 0 heterocycles. The van der Waals surface area contributed by atoms with Crippen molar-refractivity contribution < 1.29 is 21.6 Å². The van der Waals surface area contributed by atoms with Gasteiger partial charge in [0.15, 0.2) is 0 Å². The van der Waals surface area contributed by atoms with Gasteiger partial charge in [-0.05, 0) is 19.4 Å². The van der Waals surface area contributed by atoms with E-state index in [2.05, 4.69) is 0 Å². The topological polar surface area (TPSA) is 37.4 Å². The number of hydrogen-bond acceptors (Lipinski definition) is 2. The lowest BCUT2D eigenvalue weighted by Gasteiger charge is -2.25. The van der Waals surface area contributed by atoms with Crippen LogP contribution in [0.25, 0.3) is 0 Å². The highest BCUT2D eigenvalue weighted by molar-refractivity contribution is 7.89. The maximum Gasteiger partial charge on any atom is 0.402 e. The number of sulfonamides is 1. The van der Waals surface area contributed by atoms with Gasteiger partial charge in [-0.25, -0.2) is 8.42 Å². The Balaban J connectivity index is 3.00. The fraction of sp³-hybridized carbons (Fsp3) is 0.500. The summed E-state index contributed by atoms with van der Waals surface area (Å²) in [6.45, 7) is 0.983. The molecule has 0 saturated carbocycles. The quantitative estimate of drug-likeness (QED) is 0.837. The molecule has 3 nitrogen and oxygen atoms in total. The van der Waals surface area contributed by atoms with Crippen LogP contribution in [-0.2, 0) is 16.6 Å². The van der Waals surface area contributed by atoms with E-state index in [9.17, 15) is 21.6 Å². The number of hydrogen-bond donors (Lipinski definition) is 0. The van der Waals surface area contributed by atoms with Crippen molar-refractivity contribution in [3.05, 3.63) is 35.9 Å². The smallest absolute Gasteiger partial charge is 0.212 e. The minimum atomic E-state index is -4.56. The van der Waals surface area contributed by atoms with Gasteiger partial charge in [-0.3, -0.25) is 0 Å². The van der Waals surface area contributed by atoms with Crippen LogP contribution in [0.15, 0.2) is 30.3 Å². The van der Waals surface area contributed by atoms with Gasteiger partial charge in [0.25, 0.3) is 0 Å². The highest BCUT2D eigenvalue weighted by Gasteiger charge is 2.37. The van der Waals surface area contributed by atoms with Crippen LogP contribution in [0.4, 0.5) is 13.2 Å². The average molecular weight is 295 g/mol. The first-order valence-electron chi connectivity index (χ1n) is 5.72. The highest BCUT2D eigenvalue weighted by atomic mass is 32.2. The van der Waals surface area contributed by atoms with Crippen LogP contribution in [0.5, 0.6) is 0 Å². The van der Waals surface area contributed by atoms with E-state index >= 15 is 0 Å². The van der Waals surface area contributed by atoms with Gasteiger partial charge in [0.2, 0.25) is 10.0 Å². The van der Waals surface area contributed by atoms with E-state index in [1.807, 2.05) is 0 Å². The number of alkyl halides is 3. The monoisotopic (exact) mass is 295 g/mol. The fourth-order valence-corrected chi connectivity index (χ4v) is 2.77. The van der Waals surface area contributed by atoms with Crippen LogP contribution in [-0.4, -0.2) is 30.7 Å². The van der Waals surface area contributed by atoms with Gasteiger partial charge in [0, 0.05) is 6.54 Å². The summed E-state index contributed by atoms with van der Waals surface area (Å²) in [7, 11) is -3.96. The summed E-state index contributed by atoms with van der Waals surface area (Å²) in [5.41, 5.74) is 0.524. The van der Waals surface area contributed by atoms with E-state index in [1.54, 1.807) is 30.3 Å². The molecule has 7 heteroatoms. The molecule has 1 rings (SSSR count). The third-order valence-corrected chi connectivity index (χ3v) is 4.68. The summed E-state index contributed by atoms with van der Waals surface area (Å²) in [4.78, 5) is 0. The van der Waals surface area contributed by atoms with Gasteiger partial charge >= 0.3 is 6.18 Å². The highest BCUT2D eigenvalue weighted by Crippen LogP contribution is 2.22. The molecule has 0 aliphatic carbocycles. The van der Waals surface area contributed by atoms with Crippen molar-refractivity contribution in [2.45, 2.75) is 31.8 Å². The number of nitrogens with zero attached hydrogens (tertiary/aromatic N) is 1. The van der Waals surface area contributed by atoms with Gasteiger partial charge < -0.3 is 0 Å². The second-order valence-electron chi connectivity index (χ2n) is 4.46. The Morgan fingerprint density at radius 1 is 1.16 bits per heavy atom. The third kappa shape index (κ3) is 4.83. The predicted octanol–water partition coefficient (Wildman–Crippen LogP) is 2.79. The summed E-state index contributed by atoms with van der Waals surface area (Å²) >= 11 is 0. The first kappa shape index (κ1) is 16.0. The molecule has 108 valence electrons. The SMILES string of the molecule is CC(C)S(=O)(=O)N(Cc1ccccc1)CC(F)(F)F. The number of halogens is 3. The standard InChI is InChI=1S/C12H16F3NO2S/c1-10(2)19(17,18)16(9-12(13,14)15)8-11-6-4-3-5-7-11/h3-7,10H,8-9H2,1-2H3. The van der Waals surface area contributed by atoms with E-state index in [0.717, 1.165) is 0 Å². The van der Waals surface area contributed by atoms with Crippen LogP contribution in [0.1, 0.15) is 19.4 Å².